The van der Waals surface area contributed by atoms with Gasteiger partial charge in [-0.15, -0.1) is 0 Å². The van der Waals surface area contributed by atoms with Crippen molar-refractivity contribution < 1.29 is 19.1 Å². The molecule has 0 saturated heterocycles. The first kappa shape index (κ1) is 46.7. The average molecular weight is 1020 g/mol. The number of aromatic nitrogens is 10. The summed E-state index contributed by atoms with van der Waals surface area (Å²) in [5.41, 5.74) is 11.9. The van der Waals surface area contributed by atoms with E-state index < -0.39 is 0 Å². The first-order valence-electron chi connectivity index (χ1n) is 27.5. The number of amides is 2. The number of ether oxygens (including phenoxy) is 2. The molecule has 6 aliphatic rings. The maximum Gasteiger partial charge on any atom is 0.258 e. The number of benzene rings is 2. The zero-order chi connectivity index (χ0) is 51.3. The molecule has 2 aliphatic heterocycles. The zero-order valence-electron chi connectivity index (χ0n) is 43.6. The molecule has 4 saturated carbocycles. The summed E-state index contributed by atoms with van der Waals surface area (Å²) < 4.78 is 21.2. The number of carbonyl (C=O) groups excluding carboxylic acids is 2. The molecular weight excluding hydrogens is 957 g/mol. The number of nitrogens with zero attached hydrogens (tertiary/aromatic N) is 10. The fourth-order valence-corrected chi connectivity index (χ4v) is 12.1. The maximum atomic E-state index is 14.5. The van der Waals surface area contributed by atoms with Crippen molar-refractivity contribution in [3.63, 3.8) is 0 Å². The van der Waals surface area contributed by atoms with Crippen molar-refractivity contribution in [3.05, 3.63) is 95.1 Å². The highest BCUT2D eigenvalue weighted by Gasteiger charge is 2.44. The second kappa shape index (κ2) is 18.5. The monoisotopic (exact) mass is 1020 g/mol. The lowest BCUT2D eigenvalue weighted by atomic mass is 9.97. The smallest absolute Gasteiger partial charge is 0.258 e. The van der Waals surface area contributed by atoms with E-state index in [4.69, 9.17) is 34.5 Å². The van der Waals surface area contributed by atoms with Gasteiger partial charge in [0, 0.05) is 79.1 Å². The van der Waals surface area contributed by atoms with Gasteiger partial charge in [0.25, 0.3) is 11.8 Å². The van der Waals surface area contributed by atoms with Crippen LogP contribution in [0.5, 0.6) is 11.8 Å². The number of carbonyl (C=O) groups is 2. The summed E-state index contributed by atoms with van der Waals surface area (Å²) in [5.74, 6) is 3.99. The highest BCUT2D eigenvalue weighted by molar-refractivity contribution is 6.06. The topological polar surface area (TPSA) is 198 Å². The number of hydrogen-bond acceptors (Lipinski definition) is 12. The minimum Gasteiger partial charge on any atom is -0.477 e. The lowest BCUT2D eigenvalue weighted by Gasteiger charge is -2.20. The van der Waals surface area contributed by atoms with E-state index in [0.29, 0.717) is 101 Å². The normalized spacial score (nSPS) is 22.0. The van der Waals surface area contributed by atoms with Crippen LogP contribution in [0.15, 0.2) is 66.9 Å². The van der Waals surface area contributed by atoms with Gasteiger partial charge in [0.15, 0.2) is 0 Å². The Kier molecular flexibility index (Phi) is 11.4. The molecule has 4 atom stereocenters. The quantitative estimate of drug-likeness (QED) is 0.118. The van der Waals surface area contributed by atoms with Crippen LogP contribution in [-0.2, 0) is 27.2 Å². The minimum absolute atomic E-state index is 0.0499. The van der Waals surface area contributed by atoms with Gasteiger partial charge >= 0.3 is 0 Å². The minimum atomic E-state index is -0.255. The van der Waals surface area contributed by atoms with E-state index >= 15 is 0 Å². The van der Waals surface area contributed by atoms with Gasteiger partial charge in [-0.05, 0) is 169 Å². The molecule has 18 nitrogen and oxygen atoms in total. The van der Waals surface area contributed by atoms with Crippen LogP contribution < -0.4 is 30.7 Å². The van der Waals surface area contributed by atoms with Crippen LogP contribution in [0.4, 0.5) is 23.3 Å². The third-order valence-corrected chi connectivity index (χ3v) is 16.6. The van der Waals surface area contributed by atoms with Crippen LogP contribution in [-0.4, -0.2) is 85.7 Å². The molecule has 0 radical (unpaired) electrons. The molecule has 2 aromatic carbocycles. The Balaban J connectivity index is 0.767. The average Bonchev–Trinajstić information content (AvgIpc) is 4.25. The molecule has 8 heterocycles. The Morgan fingerprint density at radius 1 is 0.605 bits per heavy atom. The van der Waals surface area contributed by atoms with Crippen LogP contribution in [0.1, 0.15) is 114 Å². The van der Waals surface area contributed by atoms with Crippen LogP contribution >= 0.6 is 0 Å². The highest BCUT2D eigenvalue weighted by Crippen LogP contribution is 2.49. The van der Waals surface area contributed by atoms with Crippen molar-refractivity contribution in [1.82, 2.24) is 48.6 Å². The Labute approximate surface area is 440 Å². The van der Waals surface area contributed by atoms with Gasteiger partial charge in [0.1, 0.15) is 0 Å². The molecule has 76 heavy (non-hydrogen) atoms. The van der Waals surface area contributed by atoms with E-state index in [9.17, 15) is 9.59 Å². The molecule has 6 aromatic heterocycles. The molecule has 4 N–H and O–H groups in total. The van der Waals surface area contributed by atoms with E-state index in [1.54, 1.807) is 23.0 Å². The fraction of sp³-hybridized carbons (Fsp3) is 0.448. The van der Waals surface area contributed by atoms with Gasteiger partial charge in [-0.1, -0.05) is 0 Å². The standard InChI is InChI=1S/C58H64N14O4/c1-31-21-37-23-45(60-31)43-28-59-69(3)55(43)75-19-5-7-36(34-11-12-34)30-72-50-26-41(15-17-44(50)64-57(72)66-53(37)73)63-46-27-42(46)52-51-48-24-38(22-32(2)61-48)54(74)67-58-65-47-25-40(62-39-13-14-39)16-18-49(47)71(58)29-35(33-9-10-33)8-6-20-76-56(51)70(4)68-52/h15-18,21-26,28,33-36,39,42,46,62-63H,5-14,19-20,27,29-30H2,1-4H3,(H,64,66,73)(H,65,67,74)/t35-,36-,42?,46?/m1/s1. The van der Waals surface area contributed by atoms with Gasteiger partial charge in [0.2, 0.25) is 23.7 Å². The fourth-order valence-electron chi connectivity index (χ4n) is 12.1. The zero-order valence-corrected chi connectivity index (χ0v) is 43.6. The molecular formula is C58H64N14O4. The number of fused-ring (bicyclic) bond motifs is 14. The summed E-state index contributed by atoms with van der Waals surface area (Å²) in [5, 5.41) is 23.6. The van der Waals surface area contributed by atoms with Gasteiger partial charge in [-0.3, -0.25) is 30.2 Å². The molecule has 0 spiro atoms. The third-order valence-electron chi connectivity index (χ3n) is 16.6. The molecule has 14 rings (SSSR count). The predicted octanol–water partition coefficient (Wildman–Crippen LogP) is 10.0. The number of anilines is 4. The Morgan fingerprint density at radius 2 is 1.22 bits per heavy atom. The van der Waals surface area contributed by atoms with E-state index in [-0.39, 0.29) is 23.8 Å². The van der Waals surface area contributed by atoms with Gasteiger partial charge in [0.05, 0.1) is 69.7 Å². The van der Waals surface area contributed by atoms with E-state index in [0.717, 1.165) is 94.6 Å². The highest BCUT2D eigenvalue weighted by atomic mass is 16.5. The number of nitrogens with one attached hydrogen (secondary N) is 4. The van der Waals surface area contributed by atoms with Crippen molar-refractivity contribution in [3.8, 4) is 34.3 Å². The first-order valence-corrected chi connectivity index (χ1v) is 27.5. The molecule has 4 fully saturated rings. The summed E-state index contributed by atoms with van der Waals surface area (Å²) >= 11 is 0. The number of pyridine rings is 2. The molecule has 4 aliphatic carbocycles. The van der Waals surface area contributed by atoms with Crippen molar-refractivity contribution >= 4 is 57.2 Å². The summed E-state index contributed by atoms with van der Waals surface area (Å²) in [7, 11) is 3.82. The first-order chi connectivity index (χ1) is 37.0. The van der Waals surface area contributed by atoms with Crippen LogP contribution in [0.3, 0.4) is 0 Å². The number of rotatable bonds is 7. The SMILES string of the molecule is Cc1cc2cc(n1)-c1cnn(C)c1OCCC[C@@H](C1CC1)Cn1c(nc3ccc(NC4CC4c4nn(C)c5c4-c4cc(cc(C)n4)C(=O)Nc4nc6cc(NC7CC7)ccc6n4C[C@H](C4CC4)CCCO5)cc31)NC2=O. The number of imidazole rings is 2. The lowest BCUT2D eigenvalue weighted by molar-refractivity contribution is 0.101. The van der Waals surface area contributed by atoms with E-state index in [1.165, 1.54) is 38.5 Å². The summed E-state index contributed by atoms with van der Waals surface area (Å²) in [6.45, 7) is 6.40. The molecule has 2 amide bonds. The summed E-state index contributed by atoms with van der Waals surface area (Å²) in [4.78, 5) is 48.8. The summed E-state index contributed by atoms with van der Waals surface area (Å²) in [6, 6.07) is 20.6. The summed E-state index contributed by atoms with van der Waals surface area (Å²) in [6.07, 6.45) is 13.5. The van der Waals surface area contributed by atoms with Crippen LogP contribution in [0, 0.1) is 37.5 Å². The largest absolute Gasteiger partial charge is 0.477 e. The number of aryl methyl sites for hydroxylation is 4. The van der Waals surface area contributed by atoms with Crippen molar-refractivity contribution in [2.24, 2.45) is 37.8 Å². The van der Waals surface area contributed by atoms with Gasteiger partial charge in [-0.2, -0.15) is 10.2 Å². The molecule has 8 aromatic rings. The lowest BCUT2D eigenvalue weighted by Crippen LogP contribution is -2.20. The number of hydrogen-bond donors (Lipinski definition) is 4. The van der Waals surface area contributed by atoms with Crippen molar-refractivity contribution in [2.75, 3.05) is 34.5 Å². The molecule has 4 bridgehead atoms. The van der Waals surface area contributed by atoms with Crippen molar-refractivity contribution in [2.45, 2.75) is 116 Å². The van der Waals surface area contributed by atoms with Crippen LogP contribution in [0.25, 0.3) is 44.6 Å². The molecule has 18 heteroatoms. The Bertz CT molecular complexity index is 3610. The molecule has 390 valence electrons. The van der Waals surface area contributed by atoms with E-state index in [1.807, 2.05) is 50.8 Å². The van der Waals surface area contributed by atoms with Crippen LogP contribution in [0.2, 0.25) is 0 Å². The second-order valence-corrected chi connectivity index (χ2v) is 22.5. The second-order valence-electron chi connectivity index (χ2n) is 22.5. The predicted molar refractivity (Wildman–Crippen MR) is 291 cm³/mol. The van der Waals surface area contributed by atoms with Gasteiger partial charge in [-0.25, -0.2) is 19.3 Å². The van der Waals surface area contributed by atoms with Gasteiger partial charge < -0.3 is 29.2 Å². The third kappa shape index (κ3) is 9.08. The Hall–Kier alpha value is -7.76. The van der Waals surface area contributed by atoms with E-state index in [2.05, 4.69) is 65.8 Å². The molecule has 2 unspecified atom stereocenters. The maximum absolute atomic E-state index is 14.5. The van der Waals surface area contributed by atoms with Crippen molar-refractivity contribution in [1.29, 1.82) is 0 Å². The Morgan fingerprint density at radius 3 is 1.91 bits per heavy atom.